The van der Waals surface area contributed by atoms with E-state index >= 15 is 0 Å². The van der Waals surface area contributed by atoms with Gasteiger partial charge in [0.1, 0.15) is 5.75 Å². The molecule has 0 bridgehead atoms. The van der Waals surface area contributed by atoms with Gasteiger partial charge in [0.2, 0.25) is 0 Å². The lowest BCUT2D eigenvalue weighted by Gasteiger charge is -2.25. The number of rotatable bonds is 4. The third-order valence-corrected chi connectivity index (χ3v) is 4.47. The van der Waals surface area contributed by atoms with Gasteiger partial charge < -0.3 is 15.2 Å². The lowest BCUT2D eigenvalue weighted by Crippen LogP contribution is -2.28. The maximum atomic E-state index is 12.2. The third-order valence-electron chi connectivity index (χ3n) is 4.47. The summed E-state index contributed by atoms with van der Waals surface area (Å²) in [5.74, 6) is 0.840. The number of nitrogens with zero attached hydrogens (tertiary/aromatic N) is 1. The van der Waals surface area contributed by atoms with Crippen LogP contribution in [-0.4, -0.2) is 30.7 Å². The van der Waals surface area contributed by atoms with Crippen LogP contribution in [0.15, 0.2) is 30.5 Å². The molecule has 0 amide bonds. The molecular formula is C18H22N2O3. The normalized spacial score (nSPS) is 21.1. The average molecular weight is 314 g/mol. The van der Waals surface area contributed by atoms with Crippen LogP contribution in [0.25, 0.3) is 10.9 Å². The molecule has 2 aromatic rings. The van der Waals surface area contributed by atoms with Crippen LogP contribution in [0, 0.1) is 5.92 Å². The molecule has 23 heavy (non-hydrogen) atoms. The van der Waals surface area contributed by atoms with E-state index in [4.69, 9.17) is 15.2 Å². The fourth-order valence-corrected chi connectivity index (χ4v) is 2.98. The van der Waals surface area contributed by atoms with Crippen LogP contribution in [0.4, 0.5) is 0 Å². The van der Waals surface area contributed by atoms with E-state index in [0.717, 1.165) is 42.3 Å². The van der Waals surface area contributed by atoms with Gasteiger partial charge in [-0.2, -0.15) is 0 Å². The summed E-state index contributed by atoms with van der Waals surface area (Å²) in [6.45, 7) is 0.460. The van der Waals surface area contributed by atoms with E-state index in [1.165, 1.54) is 0 Å². The summed E-state index contributed by atoms with van der Waals surface area (Å²) in [6, 6.07) is 7.68. The summed E-state index contributed by atoms with van der Waals surface area (Å²) in [7, 11) is 1.61. The molecule has 122 valence electrons. The third kappa shape index (κ3) is 3.79. The van der Waals surface area contributed by atoms with Crippen molar-refractivity contribution in [3.8, 4) is 5.75 Å². The van der Waals surface area contributed by atoms with Gasteiger partial charge in [-0.05, 0) is 55.9 Å². The van der Waals surface area contributed by atoms with E-state index in [-0.39, 0.29) is 5.97 Å². The number of carbonyl (C=O) groups is 1. The first-order valence-electron chi connectivity index (χ1n) is 8.02. The number of methoxy groups -OCH3 is 1. The first-order valence-corrected chi connectivity index (χ1v) is 8.02. The number of esters is 1. The van der Waals surface area contributed by atoms with Crippen molar-refractivity contribution in [1.29, 1.82) is 0 Å². The molecule has 0 spiro atoms. The molecule has 1 heterocycles. The summed E-state index contributed by atoms with van der Waals surface area (Å²) in [5, 5.41) is 0.863. The first-order chi connectivity index (χ1) is 11.2. The summed E-state index contributed by atoms with van der Waals surface area (Å²) in [4.78, 5) is 16.5. The maximum Gasteiger partial charge on any atom is 0.339 e. The van der Waals surface area contributed by atoms with E-state index in [0.29, 0.717) is 24.1 Å². The summed E-state index contributed by atoms with van der Waals surface area (Å²) >= 11 is 0. The Morgan fingerprint density at radius 2 is 2.04 bits per heavy atom. The van der Waals surface area contributed by atoms with Gasteiger partial charge in [-0.25, -0.2) is 4.79 Å². The van der Waals surface area contributed by atoms with Gasteiger partial charge in [0, 0.05) is 17.6 Å². The van der Waals surface area contributed by atoms with Crippen molar-refractivity contribution in [2.24, 2.45) is 11.7 Å². The van der Waals surface area contributed by atoms with Crippen molar-refractivity contribution in [3.05, 3.63) is 36.0 Å². The van der Waals surface area contributed by atoms with E-state index in [2.05, 4.69) is 4.98 Å². The van der Waals surface area contributed by atoms with E-state index < -0.39 is 0 Å². The predicted octanol–water partition coefficient (Wildman–Crippen LogP) is 2.92. The highest BCUT2D eigenvalue weighted by molar-refractivity contribution is 5.93. The molecule has 0 unspecified atom stereocenters. The molecule has 5 heteroatoms. The number of fused-ring (bicyclic) bond motifs is 1. The Bertz CT molecular complexity index is 694. The van der Waals surface area contributed by atoms with Gasteiger partial charge >= 0.3 is 5.97 Å². The Morgan fingerprint density at radius 1 is 1.26 bits per heavy atom. The Morgan fingerprint density at radius 3 is 2.78 bits per heavy atom. The van der Waals surface area contributed by atoms with Crippen LogP contribution in [-0.2, 0) is 4.74 Å². The Kier molecular flexibility index (Phi) is 4.76. The molecule has 3 rings (SSSR count). The van der Waals surface area contributed by atoms with Crippen molar-refractivity contribution in [1.82, 2.24) is 4.98 Å². The van der Waals surface area contributed by atoms with Crippen LogP contribution >= 0.6 is 0 Å². The Balaban J connectivity index is 1.65. The number of hydrogen-bond acceptors (Lipinski definition) is 5. The van der Waals surface area contributed by atoms with Crippen molar-refractivity contribution < 1.29 is 14.3 Å². The highest BCUT2D eigenvalue weighted by Gasteiger charge is 2.20. The number of nitrogens with two attached hydrogens (primary N) is 1. The van der Waals surface area contributed by atoms with Gasteiger partial charge in [-0.15, -0.1) is 0 Å². The summed E-state index contributed by atoms with van der Waals surface area (Å²) in [5.41, 5.74) is 7.19. The molecule has 1 aromatic carbocycles. The number of hydrogen-bond donors (Lipinski definition) is 1. The highest BCUT2D eigenvalue weighted by Crippen LogP contribution is 2.24. The van der Waals surface area contributed by atoms with Crippen LogP contribution in [0.1, 0.15) is 36.0 Å². The first kappa shape index (κ1) is 15.7. The van der Waals surface area contributed by atoms with Crippen LogP contribution < -0.4 is 10.5 Å². The van der Waals surface area contributed by atoms with Crippen LogP contribution in [0.2, 0.25) is 0 Å². The van der Waals surface area contributed by atoms with Crippen molar-refractivity contribution in [3.63, 3.8) is 0 Å². The molecular weight excluding hydrogens is 292 g/mol. The number of ether oxygens (including phenoxy) is 2. The molecule has 0 atom stereocenters. The summed E-state index contributed by atoms with van der Waals surface area (Å²) in [6.07, 6.45) is 5.65. The molecule has 5 nitrogen and oxygen atoms in total. The largest absolute Gasteiger partial charge is 0.497 e. The number of benzene rings is 1. The van der Waals surface area contributed by atoms with Gasteiger partial charge in [-0.1, -0.05) is 0 Å². The fourth-order valence-electron chi connectivity index (χ4n) is 2.98. The quantitative estimate of drug-likeness (QED) is 0.878. The number of carbonyl (C=O) groups excluding carboxylic acids is 1. The second kappa shape index (κ2) is 6.96. The molecule has 0 aliphatic heterocycles. The molecule has 1 aliphatic carbocycles. The van der Waals surface area contributed by atoms with Gasteiger partial charge in [0.15, 0.2) is 0 Å². The average Bonchev–Trinajstić information content (AvgIpc) is 2.60. The lowest BCUT2D eigenvalue weighted by atomic mass is 9.87. The lowest BCUT2D eigenvalue weighted by molar-refractivity contribution is 0.0406. The highest BCUT2D eigenvalue weighted by atomic mass is 16.5. The standard InChI is InChI=1S/C18H22N2O3/c1-22-16-6-7-17-13(9-16)8-14(10-20-17)18(21)23-11-12-2-4-15(19)5-3-12/h6-10,12,15H,2-5,11,19H2,1H3. The summed E-state index contributed by atoms with van der Waals surface area (Å²) < 4.78 is 10.7. The molecule has 1 aromatic heterocycles. The second-order valence-electron chi connectivity index (χ2n) is 6.16. The van der Waals surface area contributed by atoms with Gasteiger partial charge in [0.25, 0.3) is 0 Å². The van der Waals surface area contributed by atoms with Crippen molar-refractivity contribution >= 4 is 16.9 Å². The van der Waals surface area contributed by atoms with Gasteiger partial charge in [0.05, 0.1) is 24.8 Å². The number of aromatic nitrogens is 1. The second-order valence-corrected chi connectivity index (χ2v) is 6.16. The molecule has 1 saturated carbocycles. The smallest absolute Gasteiger partial charge is 0.339 e. The number of pyridine rings is 1. The van der Waals surface area contributed by atoms with Crippen molar-refractivity contribution in [2.75, 3.05) is 13.7 Å². The Labute approximate surface area is 135 Å². The zero-order valence-corrected chi connectivity index (χ0v) is 13.3. The molecule has 1 fully saturated rings. The molecule has 0 radical (unpaired) electrons. The monoisotopic (exact) mass is 314 g/mol. The molecule has 0 saturated heterocycles. The van der Waals surface area contributed by atoms with Crippen LogP contribution in [0.5, 0.6) is 5.75 Å². The SMILES string of the molecule is COc1ccc2ncc(C(=O)OCC3CCC(N)CC3)cc2c1. The Hall–Kier alpha value is -2.14. The van der Waals surface area contributed by atoms with Crippen molar-refractivity contribution in [2.45, 2.75) is 31.7 Å². The van der Waals surface area contributed by atoms with Gasteiger partial charge in [-0.3, -0.25) is 4.98 Å². The minimum Gasteiger partial charge on any atom is -0.497 e. The minimum atomic E-state index is -0.322. The zero-order valence-electron chi connectivity index (χ0n) is 13.3. The minimum absolute atomic E-state index is 0.307. The topological polar surface area (TPSA) is 74.4 Å². The van der Waals surface area contributed by atoms with Crippen LogP contribution in [0.3, 0.4) is 0 Å². The van der Waals surface area contributed by atoms with E-state index in [9.17, 15) is 4.79 Å². The maximum absolute atomic E-state index is 12.2. The van der Waals surface area contributed by atoms with E-state index in [1.807, 2.05) is 18.2 Å². The fraction of sp³-hybridized carbons (Fsp3) is 0.444. The molecule has 1 aliphatic rings. The van der Waals surface area contributed by atoms with E-state index in [1.54, 1.807) is 19.4 Å². The predicted molar refractivity (Wildman–Crippen MR) is 88.5 cm³/mol. The molecule has 2 N–H and O–H groups in total. The zero-order chi connectivity index (χ0) is 16.2.